The largest absolute Gasteiger partial charge is 0.487 e. The summed E-state index contributed by atoms with van der Waals surface area (Å²) in [6, 6.07) is 16.8. The third-order valence-electron chi connectivity index (χ3n) is 4.77. The van der Waals surface area contributed by atoms with Crippen LogP contribution in [-0.2, 0) is 6.61 Å². The average Bonchev–Trinajstić information content (AvgIpc) is 3.25. The average molecular weight is 471 g/mol. The Balaban J connectivity index is 1.60. The predicted molar refractivity (Wildman–Crippen MR) is 123 cm³/mol. The molecule has 5 aromatic rings. The number of nitrogens with zero attached hydrogens (tertiary/aromatic N) is 2. The number of hydrogen-bond acceptors (Lipinski definition) is 4. The number of halogens is 3. The summed E-state index contributed by atoms with van der Waals surface area (Å²) in [7, 11) is 0. The van der Waals surface area contributed by atoms with Crippen molar-refractivity contribution in [2.24, 2.45) is 0 Å². The molecular formula is C23H13Cl2FN2O2S. The second kappa shape index (κ2) is 7.96. The van der Waals surface area contributed by atoms with Crippen molar-refractivity contribution in [3.05, 3.63) is 103 Å². The second-order valence-corrected chi connectivity index (χ2v) is 8.71. The minimum atomic E-state index is -0.319. The van der Waals surface area contributed by atoms with E-state index in [0.717, 1.165) is 16.6 Å². The topological polar surface area (TPSA) is 43.6 Å². The summed E-state index contributed by atoms with van der Waals surface area (Å²) >= 11 is 13.9. The van der Waals surface area contributed by atoms with Crippen molar-refractivity contribution in [1.82, 2.24) is 9.38 Å². The van der Waals surface area contributed by atoms with E-state index in [9.17, 15) is 9.18 Å². The highest BCUT2D eigenvalue weighted by Gasteiger charge is 2.14. The Bertz CT molecular complexity index is 1540. The molecule has 0 unspecified atom stereocenters. The van der Waals surface area contributed by atoms with Crippen molar-refractivity contribution in [3.63, 3.8) is 0 Å². The summed E-state index contributed by atoms with van der Waals surface area (Å²) in [6.45, 7) is 0.186. The molecule has 0 radical (unpaired) electrons. The minimum Gasteiger partial charge on any atom is -0.487 e. The van der Waals surface area contributed by atoms with E-state index in [-0.39, 0.29) is 18.0 Å². The Morgan fingerprint density at radius 2 is 1.87 bits per heavy atom. The van der Waals surface area contributed by atoms with Gasteiger partial charge in [0, 0.05) is 10.6 Å². The lowest BCUT2D eigenvalue weighted by Gasteiger charge is -2.12. The predicted octanol–water partition coefficient (Wildman–Crippen LogP) is 5.48. The Hall–Kier alpha value is -2.93. The summed E-state index contributed by atoms with van der Waals surface area (Å²) in [5.74, 6) is 0.0752. The lowest BCUT2D eigenvalue weighted by atomic mass is 10.2. The van der Waals surface area contributed by atoms with Gasteiger partial charge in [0.15, 0.2) is 4.96 Å². The highest BCUT2D eigenvalue weighted by Crippen LogP contribution is 2.33. The fraction of sp³-hybridized carbons (Fsp3) is 0.0435. The monoisotopic (exact) mass is 470 g/mol. The van der Waals surface area contributed by atoms with Gasteiger partial charge in [0.25, 0.3) is 5.56 Å². The van der Waals surface area contributed by atoms with E-state index in [1.54, 1.807) is 34.7 Å². The van der Waals surface area contributed by atoms with Crippen molar-refractivity contribution >= 4 is 56.6 Å². The van der Waals surface area contributed by atoms with Crippen LogP contribution in [-0.4, -0.2) is 9.38 Å². The normalized spacial score (nSPS) is 12.2. The van der Waals surface area contributed by atoms with Crippen LogP contribution in [0.3, 0.4) is 0 Å². The van der Waals surface area contributed by atoms with Crippen LogP contribution in [0.25, 0.3) is 22.1 Å². The molecule has 0 aliphatic heterocycles. The maximum atomic E-state index is 13.1. The highest BCUT2D eigenvalue weighted by molar-refractivity contribution is 7.15. The summed E-state index contributed by atoms with van der Waals surface area (Å²) < 4.78 is 21.1. The van der Waals surface area contributed by atoms with Crippen molar-refractivity contribution in [1.29, 1.82) is 0 Å². The first-order valence-electron chi connectivity index (χ1n) is 9.27. The van der Waals surface area contributed by atoms with Crippen molar-refractivity contribution in [2.45, 2.75) is 6.61 Å². The number of imidazole rings is 1. The Morgan fingerprint density at radius 3 is 2.68 bits per heavy atom. The van der Waals surface area contributed by atoms with E-state index in [1.807, 2.05) is 24.3 Å². The SMILES string of the molecule is O=c1/c(=C/c2cc(Cl)cc(Cl)c2OCc2ccc(F)cc2)sc2nc3ccccc3n12. The molecule has 0 N–H and O–H groups in total. The molecule has 0 bridgehead atoms. The fourth-order valence-electron chi connectivity index (χ4n) is 3.33. The molecule has 5 rings (SSSR count). The summed E-state index contributed by atoms with van der Waals surface area (Å²) in [4.78, 5) is 18.2. The third kappa shape index (κ3) is 3.78. The van der Waals surface area contributed by atoms with Gasteiger partial charge in [-0.3, -0.25) is 4.79 Å². The van der Waals surface area contributed by atoms with Crippen LogP contribution in [0, 0.1) is 5.82 Å². The van der Waals surface area contributed by atoms with E-state index < -0.39 is 0 Å². The summed E-state index contributed by atoms with van der Waals surface area (Å²) in [6.07, 6.45) is 1.70. The van der Waals surface area contributed by atoms with Gasteiger partial charge < -0.3 is 4.74 Å². The summed E-state index contributed by atoms with van der Waals surface area (Å²) in [5, 5.41) is 0.740. The maximum Gasteiger partial charge on any atom is 0.274 e. The molecule has 0 fully saturated rings. The molecule has 2 heterocycles. The zero-order valence-corrected chi connectivity index (χ0v) is 18.1. The van der Waals surface area contributed by atoms with Crippen LogP contribution >= 0.6 is 34.5 Å². The van der Waals surface area contributed by atoms with Gasteiger partial charge in [-0.1, -0.05) is 58.8 Å². The quantitative estimate of drug-likeness (QED) is 0.349. The van der Waals surface area contributed by atoms with Crippen LogP contribution in [0.5, 0.6) is 5.75 Å². The van der Waals surface area contributed by atoms with E-state index in [0.29, 0.717) is 30.9 Å². The van der Waals surface area contributed by atoms with Gasteiger partial charge in [0.05, 0.1) is 20.6 Å². The first-order valence-corrected chi connectivity index (χ1v) is 10.8. The first kappa shape index (κ1) is 20.0. The van der Waals surface area contributed by atoms with Crippen LogP contribution in [0.15, 0.2) is 65.5 Å². The molecule has 0 saturated heterocycles. The van der Waals surface area contributed by atoms with Gasteiger partial charge >= 0.3 is 0 Å². The number of rotatable bonds is 4. The molecule has 8 heteroatoms. The lowest BCUT2D eigenvalue weighted by Crippen LogP contribution is -2.22. The third-order valence-corrected chi connectivity index (χ3v) is 6.23. The molecule has 31 heavy (non-hydrogen) atoms. The number of benzene rings is 3. The van der Waals surface area contributed by atoms with Crippen LogP contribution in [0.4, 0.5) is 4.39 Å². The standard InChI is InChI=1S/C23H13Cl2FN2O2S/c24-15-9-14(21(17(25)11-15)30-12-13-5-7-16(26)8-6-13)10-20-22(29)28-19-4-2-1-3-18(19)27-23(28)31-20/h1-11H,12H2/b20-10-. The lowest BCUT2D eigenvalue weighted by molar-refractivity contribution is 0.305. The van der Waals surface area contributed by atoms with Gasteiger partial charge in [-0.05, 0) is 48.0 Å². The van der Waals surface area contributed by atoms with Crippen molar-refractivity contribution < 1.29 is 9.13 Å². The van der Waals surface area contributed by atoms with Gasteiger partial charge in [0.2, 0.25) is 0 Å². The Morgan fingerprint density at radius 1 is 1.10 bits per heavy atom. The molecule has 2 aromatic heterocycles. The van der Waals surface area contributed by atoms with Crippen LogP contribution in [0.1, 0.15) is 11.1 Å². The minimum absolute atomic E-state index is 0.172. The van der Waals surface area contributed by atoms with E-state index in [4.69, 9.17) is 27.9 Å². The Kier molecular flexibility index (Phi) is 5.14. The van der Waals surface area contributed by atoms with Gasteiger partial charge in [0.1, 0.15) is 18.2 Å². The number of thiazole rings is 1. The first-order chi connectivity index (χ1) is 15.0. The molecule has 0 aliphatic rings. The number of para-hydroxylation sites is 2. The summed E-state index contributed by atoms with van der Waals surface area (Å²) in [5.41, 5.74) is 2.71. The molecule has 3 aromatic carbocycles. The molecule has 0 aliphatic carbocycles. The maximum absolute atomic E-state index is 13.1. The van der Waals surface area contributed by atoms with Crippen molar-refractivity contribution in [2.75, 3.05) is 0 Å². The van der Waals surface area contributed by atoms with E-state index >= 15 is 0 Å². The van der Waals surface area contributed by atoms with E-state index in [1.165, 1.54) is 23.5 Å². The number of ether oxygens (including phenoxy) is 1. The molecule has 0 atom stereocenters. The van der Waals surface area contributed by atoms with Crippen molar-refractivity contribution in [3.8, 4) is 5.75 Å². The molecule has 0 saturated carbocycles. The van der Waals surface area contributed by atoms with Gasteiger partial charge in [-0.2, -0.15) is 0 Å². The van der Waals surface area contributed by atoms with Gasteiger partial charge in [-0.25, -0.2) is 13.8 Å². The molecule has 0 amide bonds. The number of fused-ring (bicyclic) bond motifs is 3. The molecule has 4 nitrogen and oxygen atoms in total. The zero-order chi connectivity index (χ0) is 21.5. The fourth-order valence-corrected chi connectivity index (χ4v) is 4.87. The number of hydrogen-bond donors (Lipinski definition) is 0. The smallest absolute Gasteiger partial charge is 0.274 e. The van der Waals surface area contributed by atoms with E-state index in [2.05, 4.69) is 4.98 Å². The van der Waals surface area contributed by atoms with Crippen LogP contribution < -0.4 is 14.8 Å². The molecule has 154 valence electrons. The Labute approximate surface area is 189 Å². The second-order valence-electron chi connectivity index (χ2n) is 6.86. The van der Waals surface area contributed by atoms with Crippen LogP contribution in [0.2, 0.25) is 10.0 Å². The zero-order valence-electron chi connectivity index (χ0n) is 15.8. The molecular weight excluding hydrogens is 458 g/mol. The van der Waals surface area contributed by atoms with Gasteiger partial charge in [-0.15, -0.1) is 0 Å². The number of aromatic nitrogens is 2. The molecule has 0 spiro atoms. The highest BCUT2D eigenvalue weighted by atomic mass is 35.5.